The molecular formula is C9H15N. The highest BCUT2D eigenvalue weighted by Gasteiger charge is 1.98. The Morgan fingerprint density at radius 1 is 1.60 bits per heavy atom. The lowest BCUT2D eigenvalue weighted by molar-refractivity contribution is 0.692. The number of nitriles is 1. The Kier molecular flexibility index (Phi) is 4.66. The van der Waals surface area contributed by atoms with Gasteiger partial charge in [0.15, 0.2) is 0 Å². The summed E-state index contributed by atoms with van der Waals surface area (Å²) in [7, 11) is 0. The molecule has 0 aromatic rings. The average molecular weight is 137 g/mol. The summed E-state index contributed by atoms with van der Waals surface area (Å²) in [5, 5.41) is 8.24. The third-order valence-electron chi connectivity index (χ3n) is 1.60. The van der Waals surface area contributed by atoms with Gasteiger partial charge < -0.3 is 0 Å². The van der Waals surface area contributed by atoms with E-state index >= 15 is 0 Å². The third-order valence-corrected chi connectivity index (χ3v) is 1.60. The van der Waals surface area contributed by atoms with Crippen LogP contribution in [0.2, 0.25) is 0 Å². The molecule has 0 radical (unpaired) electrons. The molecule has 1 heteroatoms. The predicted molar refractivity (Wildman–Crippen MR) is 43.4 cm³/mol. The zero-order chi connectivity index (χ0) is 7.98. The molecule has 0 saturated carbocycles. The zero-order valence-corrected chi connectivity index (χ0v) is 6.85. The van der Waals surface area contributed by atoms with Gasteiger partial charge in [-0.2, -0.15) is 5.26 Å². The van der Waals surface area contributed by atoms with E-state index in [1.54, 1.807) is 0 Å². The smallest absolute Gasteiger partial charge is 0.0621 e. The number of rotatable bonds is 4. The molecule has 0 fully saturated rings. The van der Waals surface area contributed by atoms with Crippen LogP contribution in [0.3, 0.4) is 0 Å². The van der Waals surface area contributed by atoms with Crippen molar-refractivity contribution in [1.29, 1.82) is 5.26 Å². The molecule has 0 aromatic carbocycles. The topological polar surface area (TPSA) is 23.8 Å². The van der Waals surface area contributed by atoms with Crippen LogP contribution in [-0.4, -0.2) is 0 Å². The van der Waals surface area contributed by atoms with Crippen LogP contribution in [-0.2, 0) is 0 Å². The molecule has 0 amide bonds. The molecule has 0 aliphatic carbocycles. The molecule has 56 valence electrons. The summed E-state index contributed by atoms with van der Waals surface area (Å²) in [6.07, 6.45) is 2.63. The van der Waals surface area contributed by atoms with E-state index in [1.165, 1.54) is 5.57 Å². The second-order valence-electron chi connectivity index (χ2n) is 2.82. The van der Waals surface area contributed by atoms with Crippen molar-refractivity contribution in [2.24, 2.45) is 5.92 Å². The maximum absolute atomic E-state index is 8.24. The molecule has 0 spiro atoms. The summed E-state index contributed by atoms with van der Waals surface area (Å²) in [6, 6.07) is 2.12. The molecule has 10 heavy (non-hydrogen) atoms. The van der Waals surface area contributed by atoms with Crippen LogP contribution < -0.4 is 0 Å². The predicted octanol–water partition coefficient (Wildman–Crippen LogP) is 2.89. The fourth-order valence-corrected chi connectivity index (χ4v) is 0.683. The van der Waals surface area contributed by atoms with Crippen molar-refractivity contribution in [1.82, 2.24) is 0 Å². The lowest BCUT2D eigenvalue weighted by Gasteiger charge is -2.06. The summed E-state index contributed by atoms with van der Waals surface area (Å²) in [6.45, 7) is 8.18. The molecule has 0 rings (SSSR count). The van der Waals surface area contributed by atoms with Gasteiger partial charge in [-0.1, -0.05) is 26.0 Å². The lowest BCUT2D eigenvalue weighted by Crippen LogP contribution is -1.91. The normalized spacial score (nSPS) is 9.40. The molecule has 0 aliphatic heterocycles. The van der Waals surface area contributed by atoms with Gasteiger partial charge in [-0.3, -0.25) is 0 Å². The minimum Gasteiger partial charge on any atom is -0.198 e. The van der Waals surface area contributed by atoms with Crippen LogP contribution in [0.25, 0.3) is 0 Å². The average Bonchev–Trinajstić information content (AvgIpc) is 1.88. The first-order valence-electron chi connectivity index (χ1n) is 3.73. The molecule has 0 heterocycles. The van der Waals surface area contributed by atoms with E-state index < -0.39 is 0 Å². The Morgan fingerprint density at radius 2 is 2.20 bits per heavy atom. The van der Waals surface area contributed by atoms with Gasteiger partial charge in [0.2, 0.25) is 0 Å². The van der Waals surface area contributed by atoms with Gasteiger partial charge in [-0.15, -0.1) is 0 Å². The number of allylic oxidation sites excluding steroid dienone is 1. The zero-order valence-electron chi connectivity index (χ0n) is 6.85. The van der Waals surface area contributed by atoms with Crippen molar-refractivity contribution in [2.45, 2.75) is 33.1 Å². The van der Waals surface area contributed by atoms with Gasteiger partial charge in [-0.05, 0) is 18.8 Å². The molecule has 0 aromatic heterocycles. The van der Waals surface area contributed by atoms with Gasteiger partial charge in [0.05, 0.1) is 6.07 Å². The van der Waals surface area contributed by atoms with Crippen LogP contribution in [0, 0.1) is 17.2 Å². The standard InChI is InChI=1S/C9H15N/c1-8(2)9(3)6-4-5-7-10/h8H,3-6H2,1-2H3. The van der Waals surface area contributed by atoms with Gasteiger partial charge >= 0.3 is 0 Å². The highest BCUT2D eigenvalue weighted by molar-refractivity contribution is 4.97. The van der Waals surface area contributed by atoms with Crippen LogP contribution in [0.15, 0.2) is 12.2 Å². The summed E-state index contributed by atoms with van der Waals surface area (Å²) in [5.41, 5.74) is 1.26. The second-order valence-corrected chi connectivity index (χ2v) is 2.82. The van der Waals surface area contributed by atoms with E-state index in [-0.39, 0.29) is 0 Å². The Labute approximate surface area is 63.4 Å². The second kappa shape index (κ2) is 5.05. The van der Waals surface area contributed by atoms with E-state index in [2.05, 4.69) is 26.5 Å². The Hall–Kier alpha value is -0.770. The highest BCUT2D eigenvalue weighted by Crippen LogP contribution is 2.13. The first-order valence-corrected chi connectivity index (χ1v) is 3.73. The van der Waals surface area contributed by atoms with Crippen molar-refractivity contribution in [3.63, 3.8) is 0 Å². The van der Waals surface area contributed by atoms with Crippen molar-refractivity contribution >= 4 is 0 Å². The summed E-state index contributed by atoms with van der Waals surface area (Å²) < 4.78 is 0. The van der Waals surface area contributed by atoms with Crippen LogP contribution in [0.5, 0.6) is 0 Å². The fraction of sp³-hybridized carbons (Fsp3) is 0.667. The largest absolute Gasteiger partial charge is 0.198 e. The number of nitrogens with zero attached hydrogens (tertiary/aromatic N) is 1. The van der Waals surface area contributed by atoms with Gasteiger partial charge in [0.1, 0.15) is 0 Å². The molecular weight excluding hydrogens is 122 g/mol. The molecule has 0 aliphatic rings. The Bertz CT molecular complexity index is 139. The molecule has 0 unspecified atom stereocenters. The molecule has 1 nitrogen and oxygen atoms in total. The van der Waals surface area contributed by atoms with E-state index in [4.69, 9.17) is 5.26 Å². The van der Waals surface area contributed by atoms with Crippen molar-refractivity contribution in [3.05, 3.63) is 12.2 Å². The SMILES string of the molecule is C=C(CCCC#N)C(C)C. The van der Waals surface area contributed by atoms with Crippen molar-refractivity contribution in [2.75, 3.05) is 0 Å². The Morgan fingerprint density at radius 3 is 2.60 bits per heavy atom. The monoisotopic (exact) mass is 137 g/mol. The maximum Gasteiger partial charge on any atom is 0.0621 e. The minimum absolute atomic E-state index is 0.568. The lowest BCUT2D eigenvalue weighted by atomic mass is 10.00. The molecule has 0 bridgehead atoms. The van der Waals surface area contributed by atoms with E-state index in [1.807, 2.05) is 0 Å². The number of hydrogen-bond donors (Lipinski definition) is 0. The maximum atomic E-state index is 8.24. The summed E-state index contributed by atoms with van der Waals surface area (Å²) >= 11 is 0. The Balaban J connectivity index is 3.33. The molecule has 0 atom stereocenters. The van der Waals surface area contributed by atoms with Crippen LogP contribution in [0.1, 0.15) is 33.1 Å². The molecule has 0 N–H and O–H groups in total. The van der Waals surface area contributed by atoms with Gasteiger partial charge in [-0.25, -0.2) is 0 Å². The van der Waals surface area contributed by atoms with Crippen molar-refractivity contribution in [3.8, 4) is 6.07 Å². The van der Waals surface area contributed by atoms with Crippen molar-refractivity contribution < 1.29 is 0 Å². The summed E-state index contributed by atoms with van der Waals surface area (Å²) in [4.78, 5) is 0. The van der Waals surface area contributed by atoms with Crippen LogP contribution >= 0.6 is 0 Å². The first kappa shape index (κ1) is 9.23. The molecule has 0 saturated heterocycles. The fourth-order valence-electron chi connectivity index (χ4n) is 0.683. The quantitative estimate of drug-likeness (QED) is 0.431. The van der Waals surface area contributed by atoms with Gasteiger partial charge in [0.25, 0.3) is 0 Å². The number of hydrogen-bond acceptors (Lipinski definition) is 1. The summed E-state index contributed by atoms with van der Waals surface area (Å²) in [5.74, 6) is 0.568. The van der Waals surface area contributed by atoms with Gasteiger partial charge in [0, 0.05) is 6.42 Å². The highest BCUT2D eigenvalue weighted by atomic mass is 14.2. The van der Waals surface area contributed by atoms with E-state index in [0.29, 0.717) is 12.3 Å². The van der Waals surface area contributed by atoms with Crippen LogP contribution in [0.4, 0.5) is 0 Å². The first-order chi connectivity index (χ1) is 4.68. The van der Waals surface area contributed by atoms with E-state index in [0.717, 1.165) is 12.8 Å². The number of unbranched alkanes of at least 4 members (excludes halogenated alkanes) is 1. The third kappa shape index (κ3) is 4.14. The van der Waals surface area contributed by atoms with E-state index in [9.17, 15) is 0 Å². The minimum atomic E-state index is 0.568.